The SMILES string of the molecule is CC(C)(C)c1ccc(-n2c(-c3cc(C(C)(C)C)cc(C(C)(C)C)c3O)nc3c(-c4[c-]c(-c5cc6c(cn5)oc5cc7ccccc7cc56)cc(C(C)(C)c5ccccc5)c4)cccc32)c(-c2ccccc2)c1.[Pt]. The van der Waals surface area contributed by atoms with E-state index in [0.717, 1.165) is 99.6 Å². The van der Waals surface area contributed by atoms with Gasteiger partial charge < -0.3 is 9.52 Å². The quantitative estimate of drug-likeness (QED) is 0.162. The van der Waals surface area contributed by atoms with E-state index >= 15 is 0 Å². The van der Waals surface area contributed by atoms with Crippen LogP contribution in [0.2, 0.25) is 0 Å². The Kier molecular flexibility index (Phi) is 12.3. The Hall–Kier alpha value is -7.07. The molecule has 3 aromatic heterocycles. The summed E-state index contributed by atoms with van der Waals surface area (Å²) in [6.07, 6.45) is 1.85. The van der Waals surface area contributed by atoms with Crippen molar-refractivity contribution in [2.24, 2.45) is 0 Å². The summed E-state index contributed by atoms with van der Waals surface area (Å²) in [4.78, 5) is 10.8. The number of phenols is 1. The first kappa shape index (κ1) is 49.5. The molecule has 0 amide bonds. The maximum absolute atomic E-state index is 12.7. The molecule has 0 bridgehead atoms. The molecular formula is C67H62N3O2Pt-. The zero-order chi connectivity index (χ0) is 50.5. The number of para-hydroxylation sites is 1. The van der Waals surface area contributed by atoms with Gasteiger partial charge >= 0.3 is 0 Å². The monoisotopic (exact) mass is 1140 g/mol. The van der Waals surface area contributed by atoms with Gasteiger partial charge in [0.2, 0.25) is 0 Å². The van der Waals surface area contributed by atoms with E-state index < -0.39 is 5.41 Å². The standard InChI is InChI=1S/C67H62N3O2.Pt/c1-64(2,3)47-29-30-57(51(36-47)41-21-14-12-15-22-41)70-58-28-20-27-50(61(58)69-63(70)54-37-48(65(4,5)6)38-55(62(54)71)66(7,8)9)44-31-45(33-49(32-44)67(10,11)46-25-16-13-17-26-46)56-39-53-52-34-42-23-18-19-24-43(42)35-59(52)72-60(53)40-68-56;/h12-30,32-40,71H,1-11H3;/q-1;. The minimum atomic E-state index is -0.397. The van der Waals surface area contributed by atoms with Gasteiger partial charge in [-0.05, 0) is 85.7 Å². The molecule has 73 heavy (non-hydrogen) atoms. The van der Waals surface area contributed by atoms with Gasteiger partial charge in [0.1, 0.15) is 17.2 Å². The van der Waals surface area contributed by atoms with Gasteiger partial charge in [-0.3, -0.25) is 9.55 Å². The maximum atomic E-state index is 12.7. The Morgan fingerprint density at radius 2 is 1.14 bits per heavy atom. The number of aromatic nitrogens is 3. The van der Waals surface area contributed by atoms with Crippen molar-refractivity contribution in [3.63, 3.8) is 0 Å². The Bertz CT molecular complexity index is 3900. The van der Waals surface area contributed by atoms with E-state index in [0.29, 0.717) is 11.4 Å². The van der Waals surface area contributed by atoms with Crippen molar-refractivity contribution in [2.45, 2.75) is 97.8 Å². The fourth-order valence-corrected chi connectivity index (χ4v) is 10.3. The number of nitrogens with zero attached hydrogens (tertiary/aromatic N) is 3. The normalized spacial score (nSPS) is 12.5. The molecule has 0 saturated carbocycles. The van der Waals surface area contributed by atoms with Crippen molar-refractivity contribution in [2.75, 3.05) is 0 Å². The van der Waals surface area contributed by atoms with Crippen LogP contribution in [0.15, 0.2) is 174 Å². The van der Waals surface area contributed by atoms with Crippen molar-refractivity contribution in [1.29, 1.82) is 0 Å². The van der Waals surface area contributed by atoms with Crippen molar-refractivity contribution in [1.82, 2.24) is 14.5 Å². The fraction of sp³-hybridized carbons (Fsp3) is 0.224. The van der Waals surface area contributed by atoms with Gasteiger partial charge in [0.05, 0.1) is 28.5 Å². The first-order chi connectivity index (χ1) is 34.2. The third-order valence-electron chi connectivity index (χ3n) is 14.8. The van der Waals surface area contributed by atoms with E-state index in [2.05, 4.69) is 251 Å². The summed E-state index contributed by atoms with van der Waals surface area (Å²) < 4.78 is 8.71. The molecule has 0 fully saturated rings. The number of phenolic OH excluding ortho intramolecular Hbond substituents is 1. The number of aromatic hydroxyl groups is 1. The summed E-state index contributed by atoms with van der Waals surface area (Å²) in [6, 6.07) is 62.3. The Balaban J connectivity index is 0.00000611. The molecule has 11 aromatic rings. The van der Waals surface area contributed by atoms with E-state index in [1.54, 1.807) is 0 Å². The largest absolute Gasteiger partial charge is 0.507 e. The molecule has 0 radical (unpaired) electrons. The summed E-state index contributed by atoms with van der Waals surface area (Å²) in [7, 11) is 0. The topological polar surface area (TPSA) is 64.1 Å². The van der Waals surface area contributed by atoms with Gasteiger partial charge in [0.15, 0.2) is 5.58 Å². The van der Waals surface area contributed by atoms with Crippen molar-refractivity contribution in [3.05, 3.63) is 204 Å². The number of rotatable bonds is 7. The van der Waals surface area contributed by atoms with Crippen LogP contribution in [0.4, 0.5) is 0 Å². The van der Waals surface area contributed by atoms with Gasteiger partial charge in [0, 0.05) is 54.1 Å². The Morgan fingerprint density at radius 1 is 0.507 bits per heavy atom. The first-order valence-corrected chi connectivity index (χ1v) is 25.2. The summed E-state index contributed by atoms with van der Waals surface area (Å²) in [5.74, 6) is 0.905. The van der Waals surface area contributed by atoms with Crippen molar-refractivity contribution in [3.8, 4) is 56.3 Å². The number of imidazole rings is 1. The van der Waals surface area contributed by atoms with E-state index in [4.69, 9.17) is 14.4 Å². The Labute approximate surface area is 444 Å². The smallest absolute Gasteiger partial charge is 0.152 e. The second kappa shape index (κ2) is 18.1. The van der Waals surface area contributed by atoms with Gasteiger partial charge in [-0.1, -0.05) is 203 Å². The average Bonchev–Trinajstić information content (AvgIpc) is 3.92. The molecule has 0 aliphatic carbocycles. The van der Waals surface area contributed by atoms with Gasteiger partial charge in [-0.2, -0.15) is 0 Å². The summed E-state index contributed by atoms with van der Waals surface area (Å²) in [5.41, 5.74) is 15.1. The fourth-order valence-electron chi connectivity index (χ4n) is 10.3. The van der Waals surface area contributed by atoms with Crippen LogP contribution in [0.25, 0.3) is 94.3 Å². The minimum Gasteiger partial charge on any atom is -0.507 e. The molecule has 3 heterocycles. The molecule has 0 unspecified atom stereocenters. The summed E-state index contributed by atoms with van der Waals surface area (Å²) in [6.45, 7) is 24.5. The van der Waals surface area contributed by atoms with Gasteiger partial charge in [-0.25, -0.2) is 4.98 Å². The average molecular weight is 1140 g/mol. The molecule has 6 heteroatoms. The molecule has 8 aromatic carbocycles. The van der Waals surface area contributed by atoms with E-state index in [1.807, 2.05) is 6.20 Å². The maximum Gasteiger partial charge on any atom is 0.152 e. The molecule has 0 aliphatic heterocycles. The molecule has 0 aliphatic rings. The third kappa shape index (κ3) is 8.90. The second-order valence-electron chi connectivity index (χ2n) is 23.3. The molecule has 1 N–H and O–H groups in total. The first-order valence-electron chi connectivity index (χ1n) is 25.2. The van der Waals surface area contributed by atoms with Crippen molar-refractivity contribution < 1.29 is 30.6 Å². The number of pyridine rings is 1. The second-order valence-corrected chi connectivity index (χ2v) is 23.3. The number of fused-ring (bicyclic) bond motifs is 5. The zero-order valence-corrected chi connectivity index (χ0v) is 46.0. The van der Waals surface area contributed by atoms with Crippen LogP contribution >= 0.6 is 0 Å². The number of benzene rings is 8. The number of hydrogen-bond acceptors (Lipinski definition) is 4. The van der Waals surface area contributed by atoms with Crippen LogP contribution < -0.4 is 0 Å². The minimum absolute atomic E-state index is 0. The van der Waals surface area contributed by atoms with Crippen LogP contribution in [-0.4, -0.2) is 19.6 Å². The Morgan fingerprint density at radius 3 is 1.82 bits per heavy atom. The van der Waals surface area contributed by atoms with E-state index in [-0.39, 0.29) is 43.1 Å². The summed E-state index contributed by atoms with van der Waals surface area (Å²) in [5, 5.41) is 17.0. The number of hydrogen-bond donors (Lipinski definition) is 1. The molecule has 0 saturated heterocycles. The molecule has 5 nitrogen and oxygen atoms in total. The predicted octanol–water partition coefficient (Wildman–Crippen LogP) is 17.9. The van der Waals surface area contributed by atoms with Crippen LogP contribution in [0.5, 0.6) is 5.75 Å². The van der Waals surface area contributed by atoms with Gasteiger partial charge in [-0.15, -0.1) is 29.3 Å². The molecule has 11 rings (SSSR count). The third-order valence-corrected chi connectivity index (χ3v) is 14.8. The predicted molar refractivity (Wildman–Crippen MR) is 301 cm³/mol. The van der Waals surface area contributed by atoms with Crippen LogP contribution in [0.3, 0.4) is 0 Å². The van der Waals surface area contributed by atoms with Crippen LogP contribution in [0, 0.1) is 6.07 Å². The molecule has 0 atom stereocenters. The van der Waals surface area contributed by atoms with E-state index in [1.165, 1.54) is 11.1 Å². The van der Waals surface area contributed by atoms with E-state index in [9.17, 15) is 5.11 Å². The van der Waals surface area contributed by atoms with Crippen LogP contribution in [-0.2, 0) is 42.7 Å². The zero-order valence-electron chi connectivity index (χ0n) is 43.7. The molecular weight excluding hydrogens is 1070 g/mol. The van der Waals surface area contributed by atoms with Crippen molar-refractivity contribution >= 4 is 43.7 Å². The summed E-state index contributed by atoms with van der Waals surface area (Å²) >= 11 is 0. The van der Waals surface area contributed by atoms with Gasteiger partial charge in [0.25, 0.3) is 0 Å². The van der Waals surface area contributed by atoms with Crippen LogP contribution in [0.1, 0.15) is 104 Å². The molecule has 0 spiro atoms. The number of furan rings is 1. The molecule has 368 valence electrons.